The molecule has 1 heterocycles. The Labute approximate surface area is 79.2 Å². The van der Waals surface area contributed by atoms with Crippen molar-refractivity contribution in [2.75, 3.05) is 0 Å². The second-order valence-corrected chi connectivity index (χ2v) is 4.64. The second-order valence-electron chi connectivity index (χ2n) is 2.42. The zero-order chi connectivity index (χ0) is 8.10. The summed E-state index contributed by atoms with van der Waals surface area (Å²) in [6.07, 6.45) is 3.44. The van der Waals surface area contributed by atoms with E-state index in [1.807, 2.05) is 0 Å². The smallest absolute Gasteiger partial charge is 0.118 e. The Balaban J connectivity index is 2.31. The van der Waals surface area contributed by atoms with Gasteiger partial charge < -0.3 is 0 Å². The zero-order valence-corrected chi connectivity index (χ0v) is 8.86. The van der Waals surface area contributed by atoms with Crippen LogP contribution in [0.25, 0.3) is 0 Å². The first-order chi connectivity index (χ1) is 5.33. The van der Waals surface area contributed by atoms with E-state index in [4.69, 9.17) is 0 Å². The fraction of sp³-hybridized carbons (Fsp3) is 0.714. The van der Waals surface area contributed by atoms with Crippen LogP contribution in [0.4, 0.5) is 0 Å². The lowest BCUT2D eigenvalue weighted by molar-refractivity contribution is 0.737. The van der Waals surface area contributed by atoms with Crippen molar-refractivity contribution >= 4 is 27.3 Å². The van der Waals surface area contributed by atoms with Crippen LogP contribution in [-0.4, -0.2) is 15.0 Å². The number of halogens is 1. The van der Waals surface area contributed by atoms with Gasteiger partial charge in [-0.15, -0.1) is 21.5 Å². The first-order valence-corrected chi connectivity index (χ1v) is 5.51. The summed E-state index contributed by atoms with van der Waals surface area (Å²) in [6.45, 7) is 2.19. The van der Waals surface area contributed by atoms with Crippen molar-refractivity contribution in [3.05, 3.63) is 10.5 Å². The monoisotopic (exact) mass is 234 g/mol. The Morgan fingerprint density at radius 3 is 3.09 bits per heavy atom. The molecule has 0 saturated heterocycles. The fourth-order valence-electron chi connectivity index (χ4n) is 0.890. The third-order valence-electron chi connectivity index (χ3n) is 1.40. The van der Waals surface area contributed by atoms with Gasteiger partial charge in [0.1, 0.15) is 10.5 Å². The third-order valence-corrected chi connectivity index (χ3v) is 2.90. The van der Waals surface area contributed by atoms with Crippen molar-refractivity contribution in [2.45, 2.75) is 31.0 Å². The Kier molecular flexibility index (Phi) is 4.01. The minimum absolute atomic E-state index is 0.570. The summed E-state index contributed by atoms with van der Waals surface area (Å²) in [5.41, 5.74) is 1.78. The molecule has 4 heteroatoms. The van der Waals surface area contributed by atoms with Crippen LogP contribution in [0.1, 0.15) is 24.8 Å². The third kappa shape index (κ3) is 3.29. The molecule has 0 spiro atoms. The zero-order valence-electron chi connectivity index (χ0n) is 6.46. The lowest BCUT2D eigenvalue weighted by Gasteiger charge is -2.03. The molecule has 1 aromatic heterocycles. The summed E-state index contributed by atoms with van der Waals surface area (Å²) in [6, 6.07) is 0. The second kappa shape index (κ2) is 4.83. The molecule has 1 atom stereocenters. The predicted octanol–water partition coefficient (Wildman–Crippen LogP) is 2.64. The van der Waals surface area contributed by atoms with Crippen LogP contribution in [0.5, 0.6) is 0 Å². The van der Waals surface area contributed by atoms with E-state index in [0.717, 1.165) is 11.4 Å². The van der Waals surface area contributed by atoms with Gasteiger partial charge in [0.2, 0.25) is 0 Å². The van der Waals surface area contributed by atoms with Crippen molar-refractivity contribution in [1.29, 1.82) is 0 Å². The van der Waals surface area contributed by atoms with Gasteiger partial charge in [0, 0.05) is 11.2 Å². The van der Waals surface area contributed by atoms with Gasteiger partial charge in [0.25, 0.3) is 0 Å². The standard InChI is InChI=1S/C7H11BrN2S/c1-2-3-6(8)4-7-10-9-5-11-7/h5-6H,2-4H2,1H3. The van der Waals surface area contributed by atoms with E-state index in [1.165, 1.54) is 12.8 Å². The number of alkyl halides is 1. The molecule has 1 unspecified atom stereocenters. The summed E-state index contributed by atoms with van der Waals surface area (Å²) in [5, 5.41) is 8.89. The highest BCUT2D eigenvalue weighted by Crippen LogP contribution is 2.15. The van der Waals surface area contributed by atoms with Gasteiger partial charge in [-0.05, 0) is 6.42 Å². The number of rotatable bonds is 4. The van der Waals surface area contributed by atoms with Crippen LogP contribution in [0.2, 0.25) is 0 Å². The van der Waals surface area contributed by atoms with Crippen LogP contribution in [-0.2, 0) is 6.42 Å². The van der Waals surface area contributed by atoms with Gasteiger partial charge >= 0.3 is 0 Å². The SMILES string of the molecule is CCCC(Br)Cc1nncs1. The van der Waals surface area contributed by atoms with Crippen LogP contribution in [0.3, 0.4) is 0 Å². The molecule has 0 bridgehead atoms. The molecule has 0 fully saturated rings. The van der Waals surface area contributed by atoms with Gasteiger partial charge in [-0.25, -0.2) is 0 Å². The van der Waals surface area contributed by atoms with Crippen LogP contribution in [0, 0.1) is 0 Å². The quantitative estimate of drug-likeness (QED) is 0.750. The highest BCUT2D eigenvalue weighted by molar-refractivity contribution is 9.09. The molecular formula is C7H11BrN2S. The highest BCUT2D eigenvalue weighted by atomic mass is 79.9. The van der Waals surface area contributed by atoms with Crippen molar-refractivity contribution < 1.29 is 0 Å². The first-order valence-electron chi connectivity index (χ1n) is 3.72. The maximum Gasteiger partial charge on any atom is 0.118 e. The van der Waals surface area contributed by atoms with E-state index in [0.29, 0.717) is 4.83 Å². The van der Waals surface area contributed by atoms with Crippen LogP contribution < -0.4 is 0 Å². The molecule has 0 saturated carbocycles. The van der Waals surface area contributed by atoms with Crippen LogP contribution in [0.15, 0.2) is 5.51 Å². The Hall–Kier alpha value is 0.0400. The first kappa shape index (κ1) is 9.13. The van der Waals surface area contributed by atoms with Crippen molar-refractivity contribution in [2.24, 2.45) is 0 Å². The van der Waals surface area contributed by atoms with E-state index < -0.39 is 0 Å². The molecule has 0 aliphatic carbocycles. The van der Waals surface area contributed by atoms with E-state index in [2.05, 4.69) is 33.1 Å². The molecule has 0 aromatic carbocycles. The molecule has 0 aliphatic rings. The summed E-state index contributed by atoms with van der Waals surface area (Å²) >= 11 is 5.22. The molecule has 62 valence electrons. The highest BCUT2D eigenvalue weighted by Gasteiger charge is 2.05. The maximum atomic E-state index is 3.98. The average molecular weight is 235 g/mol. The predicted molar refractivity (Wildman–Crippen MR) is 51.2 cm³/mol. The minimum atomic E-state index is 0.570. The lowest BCUT2D eigenvalue weighted by atomic mass is 10.2. The molecule has 1 aromatic rings. The van der Waals surface area contributed by atoms with Crippen molar-refractivity contribution in [3.63, 3.8) is 0 Å². The molecular weight excluding hydrogens is 224 g/mol. The van der Waals surface area contributed by atoms with E-state index in [1.54, 1.807) is 16.8 Å². The molecule has 0 radical (unpaired) electrons. The van der Waals surface area contributed by atoms with Gasteiger partial charge in [0.05, 0.1) is 0 Å². The molecule has 1 rings (SSSR count). The lowest BCUT2D eigenvalue weighted by Crippen LogP contribution is -2.01. The molecule has 0 N–H and O–H groups in total. The van der Waals surface area contributed by atoms with E-state index in [-0.39, 0.29) is 0 Å². The summed E-state index contributed by atoms with van der Waals surface area (Å²) in [7, 11) is 0. The topological polar surface area (TPSA) is 25.8 Å². The minimum Gasteiger partial charge on any atom is -0.147 e. The van der Waals surface area contributed by atoms with Gasteiger partial charge in [0.15, 0.2) is 0 Å². The van der Waals surface area contributed by atoms with Gasteiger partial charge in [-0.2, -0.15) is 0 Å². The average Bonchev–Trinajstić information content (AvgIpc) is 2.40. The number of aromatic nitrogens is 2. The number of nitrogens with zero attached hydrogens (tertiary/aromatic N) is 2. The molecule has 0 aliphatic heterocycles. The maximum absolute atomic E-state index is 3.98. The normalized spacial score (nSPS) is 13.3. The Morgan fingerprint density at radius 1 is 1.73 bits per heavy atom. The van der Waals surface area contributed by atoms with Crippen molar-refractivity contribution in [3.8, 4) is 0 Å². The number of hydrogen-bond acceptors (Lipinski definition) is 3. The van der Waals surface area contributed by atoms with Crippen LogP contribution >= 0.6 is 27.3 Å². The molecule has 11 heavy (non-hydrogen) atoms. The summed E-state index contributed by atoms with van der Waals surface area (Å²) in [5.74, 6) is 0. The molecule has 0 amide bonds. The fourth-order valence-corrected chi connectivity index (χ4v) is 2.48. The van der Waals surface area contributed by atoms with E-state index >= 15 is 0 Å². The van der Waals surface area contributed by atoms with Crippen molar-refractivity contribution in [1.82, 2.24) is 10.2 Å². The number of hydrogen-bond donors (Lipinski definition) is 0. The Bertz CT molecular complexity index is 188. The van der Waals surface area contributed by atoms with E-state index in [9.17, 15) is 0 Å². The van der Waals surface area contributed by atoms with Gasteiger partial charge in [-0.1, -0.05) is 29.3 Å². The molecule has 2 nitrogen and oxygen atoms in total. The Morgan fingerprint density at radius 2 is 2.55 bits per heavy atom. The largest absolute Gasteiger partial charge is 0.147 e. The summed E-state index contributed by atoms with van der Waals surface area (Å²) in [4.78, 5) is 0.570. The summed E-state index contributed by atoms with van der Waals surface area (Å²) < 4.78 is 0. The van der Waals surface area contributed by atoms with Gasteiger partial charge in [-0.3, -0.25) is 0 Å².